The number of fused-ring (bicyclic) bond motifs is 2. The maximum Gasteiger partial charge on any atom is 0.262 e. The number of imide groups is 2. The first kappa shape index (κ1) is 36.7. The SMILES string of the molecule is [C-]#[N+]c1ccc(OC2C(C)(C)C(NC(=O)c3ccc(N4CCC(N5Cc6cc7c(cc6C5)C(=O)N(C5CCC(=O)NC5=O)C7=O)CC4)cc3)C2(C)C)cc1Cl. The number of rotatable bonds is 7. The van der Waals surface area contributed by atoms with E-state index in [0.29, 0.717) is 52.3 Å². The van der Waals surface area contributed by atoms with E-state index >= 15 is 0 Å². The molecule has 3 fully saturated rings. The minimum absolute atomic E-state index is 0.0903. The average molecular weight is 763 g/mol. The first-order valence-electron chi connectivity index (χ1n) is 18.8. The standard InChI is InChI=1S/C42H43ClN6O6/c1-41(2)39(42(3,4)40(41)55-28-10-11-32(44-5)31(43)20-28)46-35(51)23-6-8-26(9-7-23)47-16-14-27(15-17-47)48-21-24-18-29-30(19-25(24)22-48)38(54)49(37(29)53)33-12-13-34(50)45-36(33)52/h6-11,18-20,27,33,39-40H,12-17,21-22H2,1-4H3,(H,46,51)(H,45,50,52). The van der Waals surface area contributed by atoms with Crippen LogP contribution in [-0.2, 0) is 22.7 Å². The zero-order chi connectivity index (χ0) is 39.0. The molecule has 1 aliphatic carbocycles. The Morgan fingerprint density at radius 3 is 2.07 bits per heavy atom. The van der Waals surface area contributed by atoms with Gasteiger partial charge in [-0.05, 0) is 78.9 Å². The van der Waals surface area contributed by atoms with Gasteiger partial charge < -0.3 is 15.0 Å². The molecule has 2 saturated heterocycles. The summed E-state index contributed by atoms with van der Waals surface area (Å²) in [7, 11) is 0. The van der Waals surface area contributed by atoms with Crippen LogP contribution in [0.2, 0.25) is 5.02 Å². The van der Waals surface area contributed by atoms with Crippen molar-refractivity contribution in [3.8, 4) is 5.75 Å². The van der Waals surface area contributed by atoms with Crippen LogP contribution in [0.25, 0.3) is 4.85 Å². The quantitative estimate of drug-likeness (QED) is 0.225. The van der Waals surface area contributed by atoms with Gasteiger partial charge >= 0.3 is 0 Å². The molecule has 5 aliphatic rings. The number of nitrogens with zero attached hydrogens (tertiary/aromatic N) is 4. The van der Waals surface area contributed by atoms with Crippen LogP contribution in [0.3, 0.4) is 0 Å². The average Bonchev–Trinajstić information content (AvgIpc) is 3.69. The summed E-state index contributed by atoms with van der Waals surface area (Å²) in [6.45, 7) is 18.7. The van der Waals surface area contributed by atoms with Crippen molar-refractivity contribution in [3.05, 3.63) is 98.9 Å². The van der Waals surface area contributed by atoms with E-state index < -0.39 is 29.7 Å². The molecule has 0 radical (unpaired) electrons. The van der Waals surface area contributed by atoms with Gasteiger partial charge in [0.2, 0.25) is 17.5 Å². The molecular formula is C42H43ClN6O6. The first-order chi connectivity index (χ1) is 26.2. The van der Waals surface area contributed by atoms with E-state index in [1.54, 1.807) is 18.2 Å². The smallest absolute Gasteiger partial charge is 0.262 e. The maximum absolute atomic E-state index is 13.5. The Kier molecular flexibility index (Phi) is 9.01. The van der Waals surface area contributed by atoms with Crippen molar-refractivity contribution in [1.82, 2.24) is 20.4 Å². The zero-order valence-electron chi connectivity index (χ0n) is 31.3. The minimum atomic E-state index is -0.972. The molecule has 3 aromatic carbocycles. The van der Waals surface area contributed by atoms with E-state index in [-0.39, 0.29) is 41.7 Å². The van der Waals surface area contributed by atoms with Crippen molar-refractivity contribution in [2.24, 2.45) is 10.8 Å². The van der Waals surface area contributed by atoms with Crippen molar-refractivity contribution >= 4 is 52.5 Å². The summed E-state index contributed by atoms with van der Waals surface area (Å²) in [5, 5.41) is 5.87. The Balaban J connectivity index is 0.846. The molecule has 4 aliphatic heterocycles. The summed E-state index contributed by atoms with van der Waals surface area (Å²) in [6.07, 6.45) is 1.93. The van der Waals surface area contributed by atoms with E-state index in [0.717, 1.165) is 47.6 Å². The van der Waals surface area contributed by atoms with E-state index in [2.05, 4.69) is 53.0 Å². The predicted octanol–water partition coefficient (Wildman–Crippen LogP) is 5.89. The lowest BCUT2D eigenvalue weighted by Gasteiger charge is -2.63. The molecule has 55 heavy (non-hydrogen) atoms. The van der Waals surface area contributed by atoms with Gasteiger partial charge in [-0.15, -0.1) is 0 Å². The van der Waals surface area contributed by atoms with Crippen molar-refractivity contribution in [2.45, 2.75) is 90.7 Å². The molecule has 12 nitrogen and oxygen atoms in total. The fourth-order valence-corrected chi connectivity index (χ4v) is 9.98. The Hall–Kier alpha value is -5.25. The van der Waals surface area contributed by atoms with Gasteiger partial charge in [0.25, 0.3) is 17.7 Å². The van der Waals surface area contributed by atoms with Crippen molar-refractivity contribution in [3.63, 3.8) is 0 Å². The van der Waals surface area contributed by atoms with Crippen molar-refractivity contribution in [1.29, 1.82) is 0 Å². The van der Waals surface area contributed by atoms with Crippen LogP contribution >= 0.6 is 11.6 Å². The summed E-state index contributed by atoms with van der Waals surface area (Å²) in [5.74, 6) is -1.49. The van der Waals surface area contributed by atoms with E-state index in [1.165, 1.54) is 0 Å². The topological polar surface area (TPSA) is 133 Å². The second kappa shape index (κ2) is 13.5. The van der Waals surface area contributed by atoms with Gasteiger partial charge in [-0.3, -0.25) is 39.1 Å². The summed E-state index contributed by atoms with van der Waals surface area (Å²) in [4.78, 5) is 73.4. The number of amides is 5. The van der Waals surface area contributed by atoms with Crippen LogP contribution in [0.5, 0.6) is 5.75 Å². The van der Waals surface area contributed by atoms with Gasteiger partial charge in [0, 0.05) is 66.8 Å². The van der Waals surface area contributed by atoms with Gasteiger partial charge in [-0.1, -0.05) is 45.4 Å². The van der Waals surface area contributed by atoms with E-state index in [4.69, 9.17) is 22.9 Å². The highest BCUT2D eigenvalue weighted by Crippen LogP contribution is 2.55. The monoisotopic (exact) mass is 762 g/mol. The molecule has 2 N–H and O–H groups in total. The lowest BCUT2D eigenvalue weighted by Crippen LogP contribution is -2.74. The first-order valence-corrected chi connectivity index (χ1v) is 19.2. The molecule has 0 bridgehead atoms. The Labute approximate surface area is 324 Å². The largest absolute Gasteiger partial charge is 0.489 e. The number of ether oxygens (including phenoxy) is 1. The normalized spacial score (nSPS) is 24.5. The third-order valence-corrected chi connectivity index (χ3v) is 12.7. The molecule has 1 saturated carbocycles. The van der Waals surface area contributed by atoms with Crippen LogP contribution in [0.4, 0.5) is 11.4 Å². The molecule has 8 rings (SSSR count). The van der Waals surface area contributed by atoms with E-state index in [1.807, 2.05) is 36.4 Å². The van der Waals surface area contributed by atoms with Crippen LogP contribution in [0.1, 0.15) is 95.6 Å². The number of benzene rings is 3. The Morgan fingerprint density at radius 2 is 1.51 bits per heavy atom. The second-order valence-electron chi connectivity index (χ2n) is 16.6. The second-order valence-corrected chi connectivity index (χ2v) is 17.0. The third kappa shape index (κ3) is 6.23. The van der Waals surface area contributed by atoms with Gasteiger partial charge in [-0.2, -0.15) is 0 Å². The van der Waals surface area contributed by atoms with Gasteiger partial charge in [-0.25, -0.2) is 4.85 Å². The Bertz CT molecular complexity index is 2130. The molecule has 0 spiro atoms. The van der Waals surface area contributed by atoms with Gasteiger partial charge in [0.1, 0.15) is 17.9 Å². The molecule has 13 heteroatoms. The highest BCUT2D eigenvalue weighted by Gasteiger charge is 2.64. The zero-order valence-corrected chi connectivity index (χ0v) is 32.0. The number of nitrogens with one attached hydrogen (secondary N) is 2. The van der Waals surface area contributed by atoms with Crippen LogP contribution < -0.4 is 20.3 Å². The molecule has 3 aromatic rings. The molecular weight excluding hydrogens is 720 g/mol. The van der Waals surface area contributed by atoms with Gasteiger partial charge in [0.15, 0.2) is 0 Å². The molecule has 5 amide bonds. The van der Waals surface area contributed by atoms with E-state index in [9.17, 15) is 24.0 Å². The number of halogens is 1. The fraction of sp³-hybridized carbons (Fsp3) is 0.429. The summed E-state index contributed by atoms with van der Waals surface area (Å²) in [5.41, 5.74) is 4.01. The number of carbonyl (C=O) groups excluding carboxylic acids is 5. The third-order valence-electron chi connectivity index (χ3n) is 12.4. The summed E-state index contributed by atoms with van der Waals surface area (Å²) < 4.78 is 6.38. The van der Waals surface area contributed by atoms with Crippen molar-refractivity contribution < 1.29 is 28.7 Å². The summed E-state index contributed by atoms with van der Waals surface area (Å²) >= 11 is 6.25. The molecule has 1 atom stereocenters. The minimum Gasteiger partial charge on any atom is -0.489 e. The van der Waals surface area contributed by atoms with Crippen LogP contribution in [0, 0.1) is 17.4 Å². The van der Waals surface area contributed by atoms with Crippen LogP contribution in [-0.4, -0.2) is 76.7 Å². The number of carbonyl (C=O) groups is 5. The predicted molar refractivity (Wildman–Crippen MR) is 205 cm³/mol. The highest BCUT2D eigenvalue weighted by atomic mass is 35.5. The molecule has 0 aromatic heterocycles. The number of hydrogen-bond donors (Lipinski definition) is 2. The maximum atomic E-state index is 13.5. The molecule has 284 valence electrons. The highest BCUT2D eigenvalue weighted by molar-refractivity contribution is 6.33. The molecule has 1 unspecified atom stereocenters. The lowest BCUT2D eigenvalue weighted by molar-refractivity contribution is -0.164. The Morgan fingerprint density at radius 1 is 0.891 bits per heavy atom. The van der Waals surface area contributed by atoms with Crippen molar-refractivity contribution in [2.75, 3.05) is 18.0 Å². The molecule has 4 heterocycles. The summed E-state index contributed by atoms with van der Waals surface area (Å²) in [6, 6.07) is 15.7. The number of anilines is 1. The number of piperidine rings is 2. The van der Waals surface area contributed by atoms with Gasteiger partial charge in [0.05, 0.1) is 22.7 Å². The van der Waals surface area contributed by atoms with Crippen LogP contribution in [0.15, 0.2) is 54.6 Å². The number of hydrogen-bond acceptors (Lipinski definition) is 8. The fourth-order valence-electron chi connectivity index (χ4n) is 9.77. The lowest BCUT2D eigenvalue weighted by atomic mass is 9.49.